The Morgan fingerprint density at radius 2 is 1.77 bits per heavy atom. The Morgan fingerprint density at radius 1 is 0.985 bits per heavy atom. The van der Waals surface area contributed by atoms with Gasteiger partial charge in [-0.2, -0.15) is 0 Å². The highest BCUT2D eigenvalue weighted by Crippen LogP contribution is 2.71. The predicted octanol–water partition coefficient (Wildman–Crippen LogP) is 5.51. The summed E-state index contributed by atoms with van der Waals surface area (Å²) in [6, 6.07) is 1.95. The summed E-state index contributed by atoms with van der Waals surface area (Å²) in [5.74, 6) is 4.90. The van der Waals surface area contributed by atoms with Crippen molar-refractivity contribution >= 4 is 17.5 Å². The van der Waals surface area contributed by atoms with E-state index in [4.69, 9.17) is 4.74 Å². The predicted molar refractivity (Wildman–Crippen MR) is 247 cm³/mol. The van der Waals surface area contributed by atoms with E-state index in [9.17, 15) is 45.0 Å². The van der Waals surface area contributed by atoms with Crippen LogP contribution in [0, 0.1) is 87.8 Å². The van der Waals surface area contributed by atoms with Gasteiger partial charge in [-0.15, -0.1) is 5.92 Å². The Balaban J connectivity index is 1.20. The summed E-state index contributed by atoms with van der Waals surface area (Å²) in [5, 5.41) is 76.1. The van der Waals surface area contributed by atoms with E-state index in [1.165, 1.54) is 12.5 Å². The summed E-state index contributed by atoms with van der Waals surface area (Å²) in [6.07, 6.45) is 9.96. The number of esters is 1. The second-order valence-electron chi connectivity index (χ2n) is 23.3. The Labute approximate surface area is 390 Å². The maximum absolute atomic E-state index is 14.9. The summed E-state index contributed by atoms with van der Waals surface area (Å²) in [5.41, 5.74) is -2.28. The number of hydrogen-bond acceptors (Lipinski definition) is 11. The number of ketones is 2. The molecule has 0 spiro atoms. The third-order valence-corrected chi connectivity index (χ3v) is 19.6. The first-order valence-corrected chi connectivity index (χ1v) is 25.4. The van der Waals surface area contributed by atoms with Crippen LogP contribution >= 0.6 is 0 Å². The Kier molecular flexibility index (Phi) is 12.9. The van der Waals surface area contributed by atoms with E-state index in [2.05, 4.69) is 42.1 Å². The Bertz CT molecular complexity index is 2160. The monoisotopic (exact) mass is 913 g/mol. The van der Waals surface area contributed by atoms with Gasteiger partial charge in [0.1, 0.15) is 5.78 Å². The van der Waals surface area contributed by atoms with Crippen LogP contribution in [0.2, 0.25) is 0 Å². The van der Waals surface area contributed by atoms with E-state index in [0.717, 1.165) is 37.7 Å². The molecule has 9 rings (SSSR count). The molecule has 0 bridgehead atoms. The average Bonchev–Trinajstić information content (AvgIpc) is 3.99. The molecule has 19 unspecified atom stereocenters. The van der Waals surface area contributed by atoms with Gasteiger partial charge >= 0.3 is 5.97 Å². The fourth-order valence-corrected chi connectivity index (χ4v) is 16.4. The molecule has 1 aliphatic heterocycles. The lowest BCUT2D eigenvalue weighted by Gasteiger charge is -2.61. The van der Waals surface area contributed by atoms with Crippen molar-refractivity contribution in [3.8, 4) is 11.8 Å². The highest BCUT2D eigenvalue weighted by atomic mass is 16.5. The number of aromatic nitrogens is 1. The Morgan fingerprint density at radius 3 is 2.50 bits per heavy atom. The zero-order valence-corrected chi connectivity index (χ0v) is 39.8. The van der Waals surface area contributed by atoms with Crippen molar-refractivity contribution in [1.82, 2.24) is 10.3 Å². The van der Waals surface area contributed by atoms with E-state index >= 15 is 0 Å². The minimum Gasteiger partial charge on any atom is -0.465 e. The number of Topliss-reactive ketones (excluding diaryl/α,β-unsaturated/α-hetero) is 2. The topological polar surface area (TPSA) is 210 Å². The van der Waals surface area contributed by atoms with Gasteiger partial charge in [0.15, 0.2) is 5.78 Å². The highest BCUT2D eigenvalue weighted by molar-refractivity contribution is 6.00. The molecule has 12 nitrogen and oxygen atoms in total. The molecule has 1 aromatic rings. The SMILES string of the molecule is CC(=O)CNC1=C2C(CCC3(C)C4C(CC#CC(C5COC(=O)C5c5cc[nH]c5)CC5C6CC(C)CCC6=CCC5C(C)CC(O)C4(O)CCCO)CC23O)C2(C)CC(O)C(O)CC2C1=O. The zero-order chi connectivity index (χ0) is 47.1. The van der Waals surface area contributed by atoms with Gasteiger partial charge in [0, 0.05) is 54.5 Å². The van der Waals surface area contributed by atoms with Crippen LogP contribution < -0.4 is 5.32 Å². The van der Waals surface area contributed by atoms with Crippen molar-refractivity contribution in [3.05, 3.63) is 46.9 Å². The van der Waals surface area contributed by atoms with Gasteiger partial charge in [-0.05, 0) is 154 Å². The average molecular weight is 913 g/mol. The summed E-state index contributed by atoms with van der Waals surface area (Å²) < 4.78 is 5.89. The smallest absolute Gasteiger partial charge is 0.313 e. The maximum Gasteiger partial charge on any atom is 0.313 e. The molecule has 8 N–H and O–H groups in total. The largest absolute Gasteiger partial charge is 0.465 e. The number of carbonyl (C=O) groups is 3. The van der Waals surface area contributed by atoms with Crippen molar-refractivity contribution in [2.75, 3.05) is 19.8 Å². The maximum atomic E-state index is 14.9. The van der Waals surface area contributed by atoms with Crippen LogP contribution in [-0.4, -0.2) is 102 Å². The Hall–Kier alpha value is -3.31. The van der Waals surface area contributed by atoms with E-state index < -0.39 is 64.0 Å². The molecule has 8 aliphatic rings. The quantitative estimate of drug-likeness (QED) is 0.0927. The molecule has 12 heteroatoms. The molecule has 362 valence electrons. The van der Waals surface area contributed by atoms with Gasteiger partial charge in [0.25, 0.3) is 0 Å². The third kappa shape index (κ3) is 7.69. The van der Waals surface area contributed by atoms with Gasteiger partial charge < -0.3 is 45.7 Å². The fraction of sp³-hybridized carbons (Fsp3) is 0.759. The molecular weight excluding hydrogens is 837 g/mol. The zero-order valence-electron chi connectivity index (χ0n) is 39.8. The van der Waals surface area contributed by atoms with Crippen LogP contribution in [0.3, 0.4) is 0 Å². The molecule has 19 atom stereocenters. The number of cyclic esters (lactones) is 1. The van der Waals surface area contributed by atoms with Crippen molar-refractivity contribution in [2.24, 2.45) is 75.9 Å². The van der Waals surface area contributed by atoms with Gasteiger partial charge in [-0.3, -0.25) is 14.4 Å². The summed E-state index contributed by atoms with van der Waals surface area (Å²) in [6.45, 7) is 9.90. The molecule has 1 aromatic heterocycles. The van der Waals surface area contributed by atoms with Crippen molar-refractivity contribution < 1.29 is 49.8 Å². The van der Waals surface area contributed by atoms with E-state index in [0.29, 0.717) is 36.7 Å². The standard InChI is InChI=1S/C54H76N2O10/c1-29-10-11-32-12-13-36-30(2)21-44(61)53(64,16-7-19-57)49-34(9-6-8-33(22-38(36)37(32)20-29)39-28-66-50(63)45(39)35-15-18-55-27-35)24-54(65)46-40(14-17-52(49,54)5)51(4)25-43(60)42(59)23-41(51)48(62)47(46)56-26-31(3)58/h12,15,18,27,29-30,33-34,36-45,49,55-57,59-61,64-65H,7,9-11,13-14,16-17,19-26,28H2,1-5H3. The number of aliphatic hydroxyl groups excluding tert-OH is 4. The number of allylic oxidation sites excluding steroid dienone is 3. The number of H-pyrrole nitrogens is 1. The fourth-order valence-electron chi connectivity index (χ4n) is 16.4. The van der Waals surface area contributed by atoms with Crippen molar-refractivity contribution in [1.29, 1.82) is 0 Å². The molecule has 0 aromatic carbocycles. The molecule has 4 saturated carbocycles. The molecule has 0 radical (unpaired) electrons. The summed E-state index contributed by atoms with van der Waals surface area (Å²) in [4.78, 5) is 44.3. The minimum atomic E-state index is -1.76. The number of ether oxygens (including phenoxy) is 1. The molecule has 66 heavy (non-hydrogen) atoms. The molecule has 5 fully saturated rings. The first-order chi connectivity index (χ1) is 31.4. The van der Waals surface area contributed by atoms with Gasteiger partial charge in [-0.1, -0.05) is 45.3 Å². The van der Waals surface area contributed by atoms with Gasteiger partial charge in [0.2, 0.25) is 0 Å². The second kappa shape index (κ2) is 17.9. The van der Waals surface area contributed by atoms with Crippen molar-refractivity contribution in [2.45, 2.75) is 160 Å². The molecular formula is C54H76N2O10. The summed E-state index contributed by atoms with van der Waals surface area (Å²) >= 11 is 0. The van der Waals surface area contributed by atoms with Crippen LogP contribution in [0.25, 0.3) is 0 Å². The first-order valence-electron chi connectivity index (χ1n) is 25.4. The van der Waals surface area contributed by atoms with Crippen LogP contribution in [0.15, 0.2) is 41.4 Å². The molecule has 1 saturated heterocycles. The van der Waals surface area contributed by atoms with Crippen LogP contribution in [0.5, 0.6) is 0 Å². The number of hydrogen-bond donors (Lipinski definition) is 8. The van der Waals surface area contributed by atoms with Crippen LogP contribution in [-0.2, 0) is 19.1 Å². The van der Waals surface area contributed by atoms with Gasteiger partial charge in [0.05, 0.1) is 54.3 Å². The number of nitrogens with one attached hydrogen (secondary N) is 2. The lowest BCUT2D eigenvalue weighted by atomic mass is 9.44. The third-order valence-electron chi connectivity index (χ3n) is 19.6. The number of fused-ring (bicyclic) bond motifs is 10. The number of aliphatic hydroxyl groups is 6. The minimum absolute atomic E-state index is 0.0229. The lowest BCUT2D eigenvalue weighted by molar-refractivity contribution is -0.193. The number of aromatic amines is 1. The number of rotatable bonds is 8. The van der Waals surface area contributed by atoms with Crippen LogP contribution in [0.4, 0.5) is 0 Å². The lowest BCUT2D eigenvalue weighted by Crippen LogP contribution is -2.65. The first kappa shape index (κ1) is 47.7. The van der Waals surface area contributed by atoms with E-state index in [1.807, 2.05) is 32.3 Å². The van der Waals surface area contributed by atoms with Gasteiger partial charge in [-0.25, -0.2) is 0 Å². The highest BCUT2D eigenvalue weighted by Gasteiger charge is 2.73. The summed E-state index contributed by atoms with van der Waals surface area (Å²) in [7, 11) is 0. The molecule has 7 aliphatic carbocycles. The molecule has 2 heterocycles. The normalized spacial score (nSPS) is 46.8. The van der Waals surface area contributed by atoms with E-state index in [-0.39, 0.29) is 117 Å². The van der Waals surface area contributed by atoms with Crippen molar-refractivity contribution in [3.63, 3.8) is 0 Å². The number of carbonyl (C=O) groups excluding carboxylic acids is 3. The second-order valence-corrected chi connectivity index (χ2v) is 23.3. The van der Waals surface area contributed by atoms with Crippen LogP contribution in [0.1, 0.15) is 136 Å². The van der Waals surface area contributed by atoms with E-state index in [1.54, 1.807) is 0 Å². The molecule has 0 amide bonds.